The first-order valence-electron chi connectivity index (χ1n) is 11.7. The average Bonchev–Trinajstić information content (AvgIpc) is 2.88. The van der Waals surface area contributed by atoms with Gasteiger partial charge in [0, 0.05) is 29.4 Å². The molecule has 0 aliphatic carbocycles. The molecule has 0 spiro atoms. The molecule has 1 amide bonds. The first-order chi connectivity index (χ1) is 17.7. The topological polar surface area (TPSA) is 96.8 Å². The highest BCUT2D eigenvalue weighted by Gasteiger charge is 2.31. The number of ether oxygens (including phenoxy) is 2. The summed E-state index contributed by atoms with van der Waals surface area (Å²) in [7, 11) is 0. The molecular formula is C26H27F3N4O4. The lowest BCUT2D eigenvalue weighted by Gasteiger charge is -2.34. The number of pyridine rings is 2. The van der Waals surface area contributed by atoms with Crippen LogP contribution in [-0.2, 0) is 10.9 Å². The lowest BCUT2D eigenvalue weighted by molar-refractivity contribution is -0.137. The number of aromatic nitrogens is 2. The minimum atomic E-state index is -4.55. The molecule has 0 bridgehead atoms. The minimum Gasteiger partial charge on any atom is -0.475 e. The Morgan fingerprint density at radius 3 is 2.81 bits per heavy atom. The second kappa shape index (κ2) is 11.1. The quantitative estimate of drug-likeness (QED) is 0.483. The van der Waals surface area contributed by atoms with E-state index in [-0.39, 0.29) is 24.8 Å². The van der Waals surface area contributed by atoms with E-state index >= 15 is 0 Å². The maximum absolute atomic E-state index is 13.1. The molecule has 1 aliphatic heterocycles. The summed E-state index contributed by atoms with van der Waals surface area (Å²) in [4.78, 5) is 23.8. The molecule has 2 aromatic heterocycles. The third-order valence-corrected chi connectivity index (χ3v) is 5.90. The molecule has 8 nitrogen and oxygen atoms in total. The van der Waals surface area contributed by atoms with Gasteiger partial charge >= 0.3 is 6.18 Å². The number of hydrogen-bond donors (Lipinski definition) is 2. The molecule has 1 saturated heterocycles. The summed E-state index contributed by atoms with van der Waals surface area (Å²) in [5.41, 5.74) is 1.36. The molecule has 1 aromatic carbocycles. The number of benzene rings is 1. The fourth-order valence-corrected chi connectivity index (χ4v) is 4.02. The van der Waals surface area contributed by atoms with Gasteiger partial charge in [0.05, 0.1) is 43.3 Å². The molecule has 1 aliphatic rings. The third-order valence-electron chi connectivity index (χ3n) is 5.90. The second-order valence-corrected chi connectivity index (χ2v) is 8.63. The predicted molar refractivity (Wildman–Crippen MR) is 132 cm³/mol. The number of aliphatic hydroxyl groups is 1. The number of amides is 1. The van der Waals surface area contributed by atoms with Crippen molar-refractivity contribution in [3.8, 4) is 17.0 Å². The van der Waals surface area contributed by atoms with Crippen molar-refractivity contribution in [2.75, 3.05) is 43.2 Å². The Morgan fingerprint density at radius 2 is 2.08 bits per heavy atom. The van der Waals surface area contributed by atoms with Crippen molar-refractivity contribution in [1.29, 1.82) is 0 Å². The Labute approximate surface area is 212 Å². The van der Waals surface area contributed by atoms with Crippen LogP contribution in [0.2, 0.25) is 0 Å². The summed E-state index contributed by atoms with van der Waals surface area (Å²) in [6, 6.07) is 9.61. The maximum Gasteiger partial charge on any atom is 0.416 e. The molecule has 2 N–H and O–H groups in total. The lowest BCUT2D eigenvalue weighted by Crippen LogP contribution is -2.44. The van der Waals surface area contributed by atoms with Crippen molar-refractivity contribution in [2.24, 2.45) is 0 Å². The highest BCUT2D eigenvalue weighted by molar-refractivity contribution is 6.04. The van der Waals surface area contributed by atoms with Gasteiger partial charge in [-0.3, -0.25) is 9.78 Å². The molecule has 1 atom stereocenters. The van der Waals surface area contributed by atoms with Crippen LogP contribution >= 0.6 is 0 Å². The molecule has 0 unspecified atom stereocenters. The van der Waals surface area contributed by atoms with Gasteiger partial charge in [0.15, 0.2) is 0 Å². The first kappa shape index (κ1) is 26.4. The van der Waals surface area contributed by atoms with E-state index < -0.39 is 17.6 Å². The van der Waals surface area contributed by atoms with Gasteiger partial charge in [-0.2, -0.15) is 18.2 Å². The first-order valence-corrected chi connectivity index (χ1v) is 11.7. The molecule has 196 valence electrons. The Kier molecular flexibility index (Phi) is 7.94. The summed E-state index contributed by atoms with van der Waals surface area (Å²) < 4.78 is 50.3. The van der Waals surface area contributed by atoms with E-state index in [1.54, 1.807) is 19.1 Å². The van der Waals surface area contributed by atoms with Crippen LogP contribution in [-0.4, -0.2) is 60.0 Å². The smallest absolute Gasteiger partial charge is 0.416 e. The number of carbonyl (C=O) groups is 1. The number of halogens is 3. The molecule has 0 radical (unpaired) electrons. The molecule has 11 heteroatoms. The van der Waals surface area contributed by atoms with Crippen LogP contribution in [0.15, 0.2) is 48.7 Å². The number of aryl methyl sites for hydroxylation is 1. The van der Waals surface area contributed by atoms with Crippen LogP contribution in [0.25, 0.3) is 11.1 Å². The fraction of sp³-hybridized carbons (Fsp3) is 0.346. The van der Waals surface area contributed by atoms with E-state index in [1.807, 2.05) is 13.0 Å². The van der Waals surface area contributed by atoms with Crippen molar-refractivity contribution in [3.05, 3.63) is 65.5 Å². The normalized spacial score (nSPS) is 15.9. The van der Waals surface area contributed by atoms with E-state index in [2.05, 4.69) is 20.2 Å². The third kappa shape index (κ3) is 6.36. The van der Waals surface area contributed by atoms with Gasteiger partial charge < -0.3 is 24.8 Å². The van der Waals surface area contributed by atoms with Gasteiger partial charge in [-0.1, -0.05) is 6.07 Å². The van der Waals surface area contributed by atoms with Crippen molar-refractivity contribution >= 4 is 17.4 Å². The number of nitrogens with one attached hydrogen (secondary N) is 1. The number of hydrogen-bond acceptors (Lipinski definition) is 7. The average molecular weight is 517 g/mol. The van der Waals surface area contributed by atoms with E-state index in [0.29, 0.717) is 48.4 Å². The monoisotopic (exact) mass is 516 g/mol. The zero-order valence-corrected chi connectivity index (χ0v) is 20.4. The number of alkyl halides is 3. The van der Waals surface area contributed by atoms with Crippen LogP contribution in [0.1, 0.15) is 28.5 Å². The Bertz CT molecular complexity index is 1270. The number of aliphatic hydroxyl groups excluding tert-OH is 1. The Morgan fingerprint density at radius 1 is 1.27 bits per heavy atom. The molecular weight excluding hydrogens is 489 g/mol. The predicted octanol–water partition coefficient (Wildman–Crippen LogP) is 4.32. The van der Waals surface area contributed by atoms with Gasteiger partial charge in [0.25, 0.3) is 5.91 Å². The zero-order chi connectivity index (χ0) is 26.6. The number of morpholine rings is 1. The number of carbonyl (C=O) groups excluding carboxylic acids is 1. The standard InChI is InChI=1S/C26H27F3N4O4/c1-16-15-36-8-6-33(16)23-11-19(12-24(32-23)37-9-7-34)22-13-21(14-30-17(22)2)31-25(35)18-4-3-5-20(10-18)26(27,28)29/h3-5,10-14,16,34H,6-9,15H2,1-2H3,(H,31,35)/t16-/m1/s1. The SMILES string of the molecule is Cc1ncc(NC(=O)c2cccc(C(F)(F)F)c2)cc1-c1cc(OCCO)nc(N2CCOC[C@H]2C)c1. The van der Waals surface area contributed by atoms with E-state index in [9.17, 15) is 23.1 Å². The highest BCUT2D eigenvalue weighted by Crippen LogP contribution is 2.33. The maximum atomic E-state index is 13.1. The summed E-state index contributed by atoms with van der Waals surface area (Å²) in [6.45, 7) is 5.47. The van der Waals surface area contributed by atoms with E-state index in [4.69, 9.17) is 9.47 Å². The molecule has 3 heterocycles. The number of rotatable bonds is 7. The van der Waals surface area contributed by atoms with Crippen molar-refractivity contribution in [2.45, 2.75) is 26.1 Å². The van der Waals surface area contributed by atoms with Gasteiger partial charge in [0.2, 0.25) is 5.88 Å². The van der Waals surface area contributed by atoms with Gasteiger partial charge in [-0.05, 0) is 49.7 Å². The highest BCUT2D eigenvalue weighted by atomic mass is 19.4. The zero-order valence-electron chi connectivity index (χ0n) is 20.4. The van der Waals surface area contributed by atoms with Crippen molar-refractivity contribution in [1.82, 2.24) is 9.97 Å². The summed E-state index contributed by atoms with van der Waals surface area (Å²) in [6.07, 6.45) is -3.11. The second-order valence-electron chi connectivity index (χ2n) is 8.63. The summed E-state index contributed by atoms with van der Waals surface area (Å²) >= 11 is 0. The number of nitrogens with zero attached hydrogens (tertiary/aromatic N) is 3. The number of anilines is 2. The van der Waals surface area contributed by atoms with E-state index in [1.165, 1.54) is 18.3 Å². The van der Waals surface area contributed by atoms with Crippen LogP contribution < -0.4 is 15.0 Å². The van der Waals surface area contributed by atoms with Gasteiger partial charge in [0.1, 0.15) is 12.4 Å². The lowest BCUT2D eigenvalue weighted by atomic mass is 10.0. The Hall–Kier alpha value is -3.70. The largest absolute Gasteiger partial charge is 0.475 e. The van der Waals surface area contributed by atoms with Gasteiger partial charge in [-0.15, -0.1) is 0 Å². The van der Waals surface area contributed by atoms with Crippen molar-refractivity contribution in [3.63, 3.8) is 0 Å². The van der Waals surface area contributed by atoms with Crippen LogP contribution in [0, 0.1) is 6.92 Å². The van der Waals surface area contributed by atoms with Gasteiger partial charge in [-0.25, -0.2) is 0 Å². The summed E-state index contributed by atoms with van der Waals surface area (Å²) in [5.74, 6) is 0.296. The molecule has 4 rings (SSSR count). The minimum absolute atomic E-state index is 0.0683. The summed E-state index contributed by atoms with van der Waals surface area (Å²) in [5, 5.41) is 11.8. The fourth-order valence-electron chi connectivity index (χ4n) is 4.02. The van der Waals surface area contributed by atoms with Crippen LogP contribution in [0.5, 0.6) is 5.88 Å². The van der Waals surface area contributed by atoms with Crippen LogP contribution in [0.4, 0.5) is 24.7 Å². The van der Waals surface area contributed by atoms with Crippen molar-refractivity contribution < 1.29 is 32.5 Å². The molecule has 3 aromatic rings. The van der Waals surface area contributed by atoms with E-state index in [0.717, 1.165) is 17.7 Å². The molecule has 1 fully saturated rings. The van der Waals surface area contributed by atoms with Crippen LogP contribution in [0.3, 0.4) is 0 Å². The molecule has 0 saturated carbocycles. The molecule has 37 heavy (non-hydrogen) atoms. The Balaban J connectivity index is 1.66.